The highest BCUT2D eigenvalue weighted by molar-refractivity contribution is 7.89. The predicted molar refractivity (Wildman–Crippen MR) is 88.0 cm³/mol. The van der Waals surface area contributed by atoms with E-state index in [0.29, 0.717) is 29.8 Å². The van der Waals surface area contributed by atoms with Crippen LogP contribution in [0.2, 0.25) is 0 Å². The van der Waals surface area contributed by atoms with Crippen molar-refractivity contribution in [3.63, 3.8) is 0 Å². The maximum Gasteiger partial charge on any atom is 0.244 e. The summed E-state index contributed by atoms with van der Waals surface area (Å²) in [5, 5.41) is 0. The van der Waals surface area contributed by atoms with Gasteiger partial charge in [0.2, 0.25) is 10.0 Å². The number of nitrogens with one attached hydrogen (secondary N) is 1. The van der Waals surface area contributed by atoms with Crippen LogP contribution < -0.4 is 0 Å². The lowest BCUT2D eigenvalue weighted by molar-refractivity contribution is 0.357. The quantitative estimate of drug-likeness (QED) is 0.698. The summed E-state index contributed by atoms with van der Waals surface area (Å²) in [5.74, 6) is 1.24. The summed E-state index contributed by atoms with van der Waals surface area (Å²) in [4.78, 5) is 3.22. The van der Waals surface area contributed by atoms with Crippen molar-refractivity contribution < 1.29 is 8.42 Å². The number of aromatic amines is 1. The standard InChI is InChI=1S/C15H27ClN2O2S/c1-12(2)5-7-18(8-6-13(3)4)21(19,20)15-9-14(10-16)17-11-15/h9,11-13,17H,5-8,10H2,1-4H3. The van der Waals surface area contributed by atoms with Crippen LogP contribution in [-0.2, 0) is 15.9 Å². The average Bonchev–Trinajstić information content (AvgIpc) is 2.87. The molecule has 0 aromatic carbocycles. The molecule has 0 fully saturated rings. The van der Waals surface area contributed by atoms with E-state index < -0.39 is 10.0 Å². The molecule has 122 valence electrons. The van der Waals surface area contributed by atoms with Gasteiger partial charge in [0.15, 0.2) is 0 Å². The molecule has 0 aliphatic carbocycles. The summed E-state index contributed by atoms with van der Waals surface area (Å²) in [5.41, 5.74) is 0.725. The average molecular weight is 335 g/mol. The Bertz CT molecular complexity index is 512. The Morgan fingerprint density at radius 3 is 2.05 bits per heavy atom. The Balaban J connectivity index is 2.92. The Morgan fingerprint density at radius 2 is 1.67 bits per heavy atom. The molecule has 0 unspecified atom stereocenters. The third-order valence-electron chi connectivity index (χ3n) is 3.41. The number of halogens is 1. The van der Waals surface area contributed by atoms with Crippen LogP contribution in [0, 0.1) is 11.8 Å². The molecule has 1 heterocycles. The van der Waals surface area contributed by atoms with Crippen molar-refractivity contribution in [2.45, 2.75) is 51.3 Å². The molecule has 21 heavy (non-hydrogen) atoms. The monoisotopic (exact) mass is 334 g/mol. The molecule has 0 aliphatic heterocycles. The topological polar surface area (TPSA) is 53.2 Å². The second kappa shape index (κ2) is 8.20. The highest BCUT2D eigenvalue weighted by atomic mass is 35.5. The van der Waals surface area contributed by atoms with E-state index in [0.717, 1.165) is 18.5 Å². The van der Waals surface area contributed by atoms with Crippen molar-refractivity contribution in [2.24, 2.45) is 11.8 Å². The molecule has 1 aromatic rings. The molecule has 4 nitrogen and oxygen atoms in total. The number of hydrogen-bond donors (Lipinski definition) is 1. The van der Waals surface area contributed by atoms with E-state index in [1.54, 1.807) is 10.4 Å². The molecule has 1 rings (SSSR count). The zero-order valence-corrected chi connectivity index (χ0v) is 15.0. The van der Waals surface area contributed by atoms with E-state index >= 15 is 0 Å². The molecular weight excluding hydrogens is 308 g/mol. The summed E-state index contributed by atoms with van der Waals surface area (Å²) < 4.78 is 27.1. The molecule has 0 saturated carbocycles. The summed E-state index contributed by atoms with van der Waals surface area (Å²) in [6, 6.07) is 1.63. The van der Waals surface area contributed by atoms with Crippen molar-refractivity contribution in [3.8, 4) is 0 Å². The van der Waals surface area contributed by atoms with Crippen molar-refractivity contribution >= 4 is 21.6 Å². The summed E-state index contributed by atoms with van der Waals surface area (Å²) >= 11 is 5.74. The van der Waals surface area contributed by atoms with E-state index in [4.69, 9.17) is 11.6 Å². The first-order chi connectivity index (χ1) is 9.77. The van der Waals surface area contributed by atoms with E-state index in [9.17, 15) is 8.42 Å². The highest BCUT2D eigenvalue weighted by Gasteiger charge is 2.25. The van der Waals surface area contributed by atoms with Gasteiger partial charge in [0.1, 0.15) is 0 Å². The molecule has 1 aromatic heterocycles. The minimum Gasteiger partial charge on any atom is -0.363 e. The number of H-pyrrole nitrogens is 1. The Morgan fingerprint density at radius 1 is 1.14 bits per heavy atom. The molecule has 0 spiro atoms. The van der Waals surface area contributed by atoms with Gasteiger partial charge in [-0.1, -0.05) is 27.7 Å². The fourth-order valence-corrected chi connectivity index (χ4v) is 3.59. The maximum absolute atomic E-state index is 12.7. The van der Waals surface area contributed by atoms with E-state index in [2.05, 4.69) is 32.7 Å². The third kappa shape index (κ3) is 5.64. The zero-order valence-electron chi connectivity index (χ0n) is 13.4. The first-order valence-corrected chi connectivity index (χ1v) is 9.48. The Hall–Kier alpha value is -0.520. The maximum atomic E-state index is 12.7. The Kier molecular flexibility index (Phi) is 7.24. The number of sulfonamides is 1. The zero-order chi connectivity index (χ0) is 16.0. The molecule has 0 amide bonds. The first kappa shape index (κ1) is 18.5. The van der Waals surface area contributed by atoms with Crippen LogP contribution in [0.1, 0.15) is 46.2 Å². The number of hydrogen-bond acceptors (Lipinski definition) is 2. The fourth-order valence-electron chi connectivity index (χ4n) is 1.95. The van der Waals surface area contributed by atoms with Crippen LogP contribution in [0.15, 0.2) is 17.2 Å². The van der Waals surface area contributed by atoms with Gasteiger partial charge in [-0.3, -0.25) is 0 Å². The van der Waals surface area contributed by atoms with Gasteiger partial charge in [0.25, 0.3) is 0 Å². The molecule has 6 heteroatoms. The van der Waals surface area contributed by atoms with Gasteiger partial charge in [-0.2, -0.15) is 4.31 Å². The smallest absolute Gasteiger partial charge is 0.244 e. The van der Waals surface area contributed by atoms with E-state index in [-0.39, 0.29) is 5.88 Å². The van der Waals surface area contributed by atoms with Gasteiger partial charge >= 0.3 is 0 Å². The number of aromatic nitrogens is 1. The molecule has 1 N–H and O–H groups in total. The lowest BCUT2D eigenvalue weighted by Gasteiger charge is -2.23. The van der Waals surface area contributed by atoms with E-state index in [1.807, 2.05) is 0 Å². The third-order valence-corrected chi connectivity index (χ3v) is 5.57. The summed E-state index contributed by atoms with van der Waals surface area (Å²) in [6.45, 7) is 9.55. The van der Waals surface area contributed by atoms with Gasteiger partial charge in [0.05, 0.1) is 10.8 Å². The summed E-state index contributed by atoms with van der Waals surface area (Å²) in [6.07, 6.45) is 3.26. The van der Waals surface area contributed by atoms with Gasteiger partial charge < -0.3 is 4.98 Å². The molecule has 0 atom stereocenters. The highest BCUT2D eigenvalue weighted by Crippen LogP contribution is 2.20. The minimum atomic E-state index is -3.44. The second-order valence-corrected chi connectivity index (χ2v) is 8.47. The van der Waals surface area contributed by atoms with Gasteiger partial charge in [-0.25, -0.2) is 8.42 Å². The normalized spacial score (nSPS) is 12.8. The van der Waals surface area contributed by atoms with Gasteiger partial charge in [-0.15, -0.1) is 11.6 Å². The molecular formula is C15H27ClN2O2S. The second-order valence-electron chi connectivity index (χ2n) is 6.26. The van der Waals surface area contributed by atoms with Crippen LogP contribution in [0.5, 0.6) is 0 Å². The van der Waals surface area contributed by atoms with Crippen molar-refractivity contribution in [1.29, 1.82) is 0 Å². The SMILES string of the molecule is CC(C)CCN(CCC(C)C)S(=O)(=O)c1c[nH]c(CCl)c1. The first-order valence-electron chi connectivity index (χ1n) is 7.50. The van der Waals surface area contributed by atoms with Gasteiger partial charge in [-0.05, 0) is 30.7 Å². The summed E-state index contributed by atoms with van der Waals surface area (Å²) in [7, 11) is -3.44. The van der Waals surface area contributed by atoms with Crippen molar-refractivity contribution in [1.82, 2.24) is 9.29 Å². The van der Waals surface area contributed by atoms with Crippen LogP contribution >= 0.6 is 11.6 Å². The van der Waals surface area contributed by atoms with Gasteiger partial charge in [0, 0.05) is 25.0 Å². The Labute approximate surface area is 133 Å². The van der Waals surface area contributed by atoms with Crippen LogP contribution in [0.25, 0.3) is 0 Å². The predicted octanol–water partition coefficient (Wildman–Crippen LogP) is 3.84. The molecule has 0 aliphatic rings. The lowest BCUT2D eigenvalue weighted by atomic mass is 10.1. The molecule has 0 radical (unpaired) electrons. The number of nitrogens with zero attached hydrogens (tertiary/aromatic N) is 1. The van der Waals surface area contributed by atoms with Crippen LogP contribution in [0.4, 0.5) is 0 Å². The molecule has 0 bridgehead atoms. The van der Waals surface area contributed by atoms with Crippen LogP contribution in [-0.4, -0.2) is 30.8 Å². The van der Waals surface area contributed by atoms with Crippen molar-refractivity contribution in [3.05, 3.63) is 18.0 Å². The largest absolute Gasteiger partial charge is 0.363 e. The van der Waals surface area contributed by atoms with E-state index in [1.165, 1.54) is 6.20 Å². The minimum absolute atomic E-state index is 0.285. The number of rotatable bonds is 9. The lowest BCUT2D eigenvalue weighted by Crippen LogP contribution is -2.34. The molecule has 0 saturated heterocycles. The fraction of sp³-hybridized carbons (Fsp3) is 0.733. The number of alkyl halides is 1. The van der Waals surface area contributed by atoms with Crippen LogP contribution in [0.3, 0.4) is 0 Å². The van der Waals surface area contributed by atoms with Crippen molar-refractivity contribution in [2.75, 3.05) is 13.1 Å².